The molecule has 0 bridgehead atoms. The van der Waals surface area contributed by atoms with Crippen LogP contribution in [0.3, 0.4) is 0 Å². The van der Waals surface area contributed by atoms with E-state index in [2.05, 4.69) is 17.9 Å². The molecule has 1 amide bonds. The van der Waals surface area contributed by atoms with Crippen LogP contribution in [0.2, 0.25) is 0 Å². The molecule has 0 unspecified atom stereocenters. The number of hydrogen-bond donors (Lipinski definition) is 2. The van der Waals surface area contributed by atoms with Gasteiger partial charge in [0.1, 0.15) is 0 Å². The third kappa shape index (κ3) is 9.66. The van der Waals surface area contributed by atoms with Gasteiger partial charge in [-0.2, -0.15) is 12.6 Å². The first-order valence-corrected chi connectivity index (χ1v) is 4.88. The molecule has 0 aromatic heterocycles. The van der Waals surface area contributed by atoms with Crippen LogP contribution in [0, 0.1) is 0 Å². The number of nitrogens with one attached hydrogen (secondary N) is 1. The van der Waals surface area contributed by atoms with Crippen molar-refractivity contribution in [3.05, 3.63) is 0 Å². The lowest BCUT2D eigenvalue weighted by atomic mass is 10.4. The number of amides is 1. The van der Waals surface area contributed by atoms with Crippen LogP contribution in [0.4, 0.5) is 0 Å². The molecule has 0 saturated heterocycles. The maximum absolute atomic E-state index is 10.9. The normalized spacial score (nSPS) is 10.0. The van der Waals surface area contributed by atoms with Crippen molar-refractivity contribution >= 4 is 18.5 Å². The molecule has 0 rings (SSSR count). The molecule has 13 heavy (non-hydrogen) atoms. The fourth-order valence-corrected chi connectivity index (χ4v) is 0.900. The Morgan fingerprint density at radius 3 is 2.77 bits per heavy atom. The van der Waals surface area contributed by atoms with E-state index in [1.165, 1.54) is 0 Å². The SMILES string of the molecule is COCCOCCNC(=O)CCS. The monoisotopic (exact) mass is 207 g/mol. The average Bonchev–Trinajstić information content (AvgIpc) is 2.11. The summed E-state index contributed by atoms with van der Waals surface area (Å²) < 4.78 is 9.93. The summed E-state index contributed by atoms with van der Waals surface area (Å²) in [7, 11) is 1.62. The third-order valence-corrected chi connectivity index (χ3v) is 1.56. The van der Waals surface area contributed by atoms with Gasteiger partial charge in [-0.1, -0.05) is 0 Å². The van der Waals surface area contributed by atoms with Crippen LogP contribution in [-0.2, 0) is 14.3 Å². The van der Waals surface area contributed by atoms with Crippen molar-refractivity contribution in [2.24, 2.45) is 0 Å². The molecule has 0 atom stereocenters. The van der Waals surface area contributed by atoms with Crippen LogP contribution in [0.1, 0.15) is 6.42 Å². The summed E-state index contributed by atoms with van der Waals surface area (Å²) in [5, 5.41) is 2.71. The quantitative estimate of drug-likeness (QED) is 0.438. The smallest absolute Gasteiger partial charge is 0.220 e. The van der Waals surface area contributed by atoms with Crippen molar-refractivity contribution in [2.45, 2.75) is 6.42 Å². The van der Waals surface area contributed by atoms with Crippen molar-refractivity contribution in [2.75, 3.05) is 39.2 Å². The predicted molar refractivity (Wildman–Crippen MR) is 54.2 cm³/mol. The molecule has 0 radical (unpaired) electrons. The van der Waals surface area contributed by atoms with E-state index in [-0.39, 0.29) is 5.91 Å². The summed E-state index contributed by atoms with van der Waals surface area (Å²) in [6.07, 6.45) is 0.460. The van der Waals surface area contributed by atoms with Crippen LogP contribution in [0.5, 0.6) is 0 Å². The zero-order valence-electron chi connectivity index (χ0n) is 7.91. The summed E-state index contributed by atoms with van der Waals surface area (Å²) in [5.41, 5.74) is 0. The van der Waals surface area contributed by atoms with Gasteiger partial charge in [0.2, 0.25) is 5.91 Å². The molecule has 0 aliphatic rings. The van der Waals surface area contributed by atoms with Crippen LogP contribution in [0.25, 0.3) is 0 Å². The third-order valence-electron chi connectivity index (χ3n) is 1.34. The van der Waals surface area contributed by atoms with Crippen molar-refractivity contribution in [1.82, 2.24) is 5.32 Å². The number of carbonyl (C=O) groups excluding carboxylic acids is 1. The second-order valence-corrected chi connectivity index (χ2v) is 2.88. The summed E-state index contributed by atoms with van der Waals surface area (Å²) in [5.74, 6) is 0.599. The van der Waals surface area contributed by atoms with E-state index in [1.54, 1.807) is 7.11 Å². The highest BCUT2D eigenvalue weighted by atomic mass is 32.1. The van der Waals surface area contributed by atoms with Gasteiger partial charge in [0.25, 0.3) is 0 Å². The highest BCUT2D eigenvalue weighted by Crippen LogP contribution is 1.82. The number of ether oxygens (including phenoxy) is 2. The minimum absolute atomic E-state index is 0.0188. The van der Waals surface area contributed by atoms with Gasteiger partial charge < -0.3 is 14.8 Å². The van der Waals surface area contributed by atoms with E-state index < -0.39 is 0 Å². The zero-order chi connectivity index (χ0) is 9.94. The number of methoxy groups -OCH3 is 1. The van der Waals surface area contributed by atoms with E-state index in [9.17, 15) is 4.79 Å². The highest BCUT2D eigenvalue weighted by molar-refractivity contribution is 7.80. The Bertz CT molecular complexity index is 133. The first-order valence-electron chi connectivity index (χ1n) is 4.25. The molecular formula is C8H17NO3S. The fraction of sp³-hybridized carbons (Fsp3) is 0.875. The van der Waals surface area contributed by atoms with Gasteiger partial charge in [0.05, 0.1) is 19.8 Å². The lowest BCUT2D eigenvalue weighted by molar-refractivity contribution is -0.120. The van der Waals surface area contributed by atoms with Gasteiger partial charge in [-0.3, -0.25) is 4.79 Å². The number of hydrogen-bond acceptors (Lipinski definition) is 4. The molecule has 78 valence electrons. The van der Waals surface area contributed by atoms with Gasteiger partial charge in [0, 0.05) is 20.1 Å². The minimum Gasteiger partial charge on any atom is -0.382 e. The first-order chi connectivity index (χ1) is 6.31. The molecule has 0 aliphatic heterocycles. The van der Waals surface area contributed by atoms with Crippen LogP contribution in [0.15, 0.2) is 0 Å². The van der Waals surface area contributed by atoms with Gasteiger partial charge in [0.15, 0.2) is 0 Å². The summed E-state index contributed by atoms with van der Waals surface area (Å²) in [6, 6.07) is 0. The second-order valence-electron chi connectivity index (χ2n) is 2.43. The van der Waals surface area contributed by atoms with E-state index >= 15 is 0 Å². The maximum Gasteiger partial charge on any atom is 0.220 e. The molecule has 0 spiro atoms. The lowest BCUT2D eigenvalue weighted by Gasteiger charge is -2.04. The van der Waals surface area contributed by atoms with Crippen molar-refractivity contribution in [3.63, 3.8) is 0 Å². The number of thiol groups is 1. The van der Waals surface area contributed by atoms with Gasteiger partial charge in [-0.25, -0.2) is 0 Å². The molecular weight excluding hydrogens is 190 g/mol. The summed E-state index contributed by atoms with van der Waals surface area (Å²) in [4.78, 5) is 10.9. The fourth-order valence-electron chi connectivity index (χ4n) is 0.697. The molecule has 1 N–H and O–H groups in total. The van der Waals surface area contributed by atoms with Gasteiger partial charge in [-0.05, 0) is 5.75 Å². The number of rotatable bonds is 8. The first kappa shape index (κ1) is 12.7. The van der Waals surface area contributed by atoms with Crippen LogP contribution < -0.4 is 5.32 Å². The zero-order valence-corrected chi connectivity index (χ0v) is 8.81. The Morgan fingerprint density at radius 2 is 2.15 bits per heavy atom. The minimum atomic E-state index is 0.0188. The van der Waals surface area contributed by atoms with E-state index in [0.717, 1.165) is 0 Å². The van der Waals surface area contributed by atoms with E-state index in [4.69, 9.17) is 9.47 Å². The Kier molecular flexibility index (Phi) is 9.63. The van der Waals surface area contributed by atoms with E-state index in [0.29, 0.717) is 38.5 Å². The average molecular weight is 207 g/mol. The molecule has 0 fully saturated rings. The second kappa shape index (κ2) is 9.83. The molecule has 0 saturated carbocycles. The molecule has 0 heterocycles. The Labute approximate surface area is 84.4 Å². The Hall–Kier alpha value is -0.260. The Morgan fingerprint density at radius 1 is 1.38 bits per heavy atom. The van der Waals surface area contributed by atoms with Crippen LogP contribution in [-0.4, -0.2) is 45.1 Å². The van der Waals surface area contributed by atoms with Crippen molar-refractivity contribution < 1.29 is 14.3 Å². The molecule has 5 heteroatoms. The van der Waals surface area contributed by atoms with Crippen molar-refractivity contribution in [3.8, 4) is 0 Å². The van der Waals surface area contributed by atoms with E-state index in [1.807, 2.05) is 0 Å². The molecule has 0 aromatic rings. The highest BCUT2D eigenvalue weighted by Gasteiger charge is 1.97. The lowest BCUT2D eigenvalue weighted by Crippen LogP contribution is -2.27. The van der Waals surface area contributed by atoms with Crippen molar-refractivity contribution in [1.29, 1.82) is 0 Å². The topological polar surface area (TPSA) is 47.6 Å². The standard InChI is InChI=1S/C8H17NO3S/c1-11-5-6-12-4-3-9-8(10)2-7-13/h13H,2-7H2,1H3,(H,9,10). The maximum atomic E-state index is 10.9. The van der Waals surface area contributed by atoms with Crippen LogP contribution >= 0.6 is 12.6 Å². The largest absolute Gasteiger partial charge is 0.382 e. The Balaban J connectivity index is 3.02. The molecule has 0 aromatic carbocycles. The molecule has 0 aliphatic carbocycles. The molecule has 4 nitrogen and oxygen atoms in total. The predicted octanol–water partition coefficient (Wildman–Crippen LogP) is 0.0855. The van der Waals surface area contributed by atoms with Gasteiger partial charge >= 0.3 is 0 Å². The summed E-state index contributed by atoms with van der Waals surface area (Å²) >= 11 is 3.94. The number of carbonyl (C=O) groups is 1. The van der Waals surface area contributed by atoms with Gasteiger partial charge in [-0.15, -0.1) is 0 Å². The summed E-state index contributed by atoms with van der Waals surface area (Å²) in [6.45, 7) is 2.24.